The summed E-state index contributed by atoms with van der Waals surface area (Å²) in [5.41, 5.74) is 13.1. The highest BCUT2D eigenvalue weighted by molar-refractivity contribution is 14.1. The third-order valence-corrected chi connectivity index (χ3v) is 8.97. The Hall–Kier alpha value is -4.42. The van der Waals surface area contributed by atoms with Gasteiger partial charge in [-0.2, -0.15) is 4.57 Å². The summed E-state index contributed by atoms with van der Waals surface area (Å²) < 4.78 is 11.0. The van der Waals surface area contributed by atoms with Crippen LogP contribution in [0.5, 0.6) is 5.75 Å². The van der Waals surface area contributed by atoms with Crippen molar-refractivity contribution in [3.63, 3.8) is 0 Å². The van der Waals surface area contributed by atoms with Crippen molar-refractivity contribution in [2.45, 2.75) is 6.92 Å². The Labute approximate surface area is 253 Å². The molecule has 0 radical (unpaired) electrons. The van der Waals surface area contributed by atoms with E-state index in [1.165, 1.54) is 60.8 Å². The molecule has 7 aromatic rings. The lowest BCUT2D eigenvalue weighted by Crippen LogP contribution is -2.33. The largest absolute Gasteiger partial charge is 0.427 e. The van der Waals surface area contributed by atoms with Crippen LogP contribution in [0.1, 0.15) is 5.56 Å². The second-order valence-electron chi connectivity index (χ2n) is 10.7. The maximum atomic E-state index is 6.37. The molecule has 0 saturated carbocycles. The molecule has 0 spiro atoms. The van der Waals surface area contributed by atoms with E-state index in [9.17, 15) is 0 Å². The second-order valence-corrected chi connectivity index (χ2v) is 11.1. The molecule has 8 rings (SSSR count). The Morgan fingerprint density at radius 3 is 1.73 bits per heavy atom. The van der Waals surface area contributed by atoms with Crippen molar-refractivity contribution in [2.75, 3.05) is 0 Å². The van der Waals surface area contributed by atoms with Crippen LogP contribution < -0.4 is 7.63 Å². The van der Waals surface area contributed by atoms with E-state index < -0.39 is 0 Å². The molecule has 0 fully saturated rings. The van der Waals surface area contributed by atoms with Crippen LogP contribution in [0.15, 0.2) is 121 Å². The highest BCUT2D eigenvalue weighted by Crippen LogP contribution is 2.56. The molecule has 3 nitrogen and oxygen atoms in total. The van der Waals surface area contributed by atoms with Crippen molar-refractivity contribution in [2.24, 2.45) is 7.05 Å². The molecule has 4 heteroatoms. The van der Waals surface area contributed by atoms with Gasteiger partial charge in [0.25, 0.3) is 5.82 Å². The Morgan fingerprint density at radius 2 is 1.12 bits per heavy atom. The van der Waals surface area contributed by atoms with Gasteiger partial charge in [-0.15, -0.1) is 0 Å². The molecule has 41 heavy (non-hydrogen) atoms. The van der Waals surface area contributed by atoms with E-state index in [4.69, 9.17) is 3.07 Å². The van der Waals surface area contributed by atoms with Crippen LogP contribution in [0.25, 0.3) is 72.1 Å². The quantitative estimate of drug-likeness (QED) is 0.136. The molecule has 0 N–H and O–H groups in total. The number of aromatic nitrogens is 2. The lowest BCUT2D eigenvalue weighted by molar-refractivity contribution is -0.665. The number of nitrogens with zero attached hydrogens (tertiary/aromatic N) is 2. The van der Waals surface area contributed by atoms with Crippen LogP contribution in [0, 0.1) is 6.92 Å². The summed E-state index contributed by atoms with van der Waals surface area (Å²) in [5.74, 6) is 2.00. The van der Waals surface area contributed by atoms with Crippen molar-refractivity contribution >= 4 is 44.8 Å². The molecule has 1 aliphatic rings. The lowest BCUT2D eigenvalue weighted by Gasteiger charge is -2.25. The normalized spacial score (nSPS) is 11.8. The van der Waals surface area contributed by atoms with Gasteiger partial charge in [0, 0.05) is 33.5 Å². The molecular weight excluding hydrogens is 615 g/mol. The van der Waals surface area contributed by atoms with Crippen LogP contribution in [-0.2, 0) is 7.05 Å². The monoisotopic (exact) mass is 641 g/mol. The van der Waals surface area contributed by atoms with Gasteiger partial charge >= 0.3 is 0 Å². The first-order valence-electron chi connectivity index (χ1n) is 13.8. The Kier molecular flexibility index (Phi) is 5.54. The molecule has 0 unspecified atom stereocenters. The number of pyridine rings is 1. The first kappa shape index (κ1) is 24.4. The van der Waals surface area contributed by atoms with Crippen LogP contribution in [-0.4, -0.2) is 4.57 Å². The summed E-state index contributed by atoms with van der Waals surface area (Å²) >= 11 is 2.08. The number of rotatable bonds is 2. The van der Waals surface area contributed by atoms with Gasteiger partial charge in [0.05, 0.1) is 13.2 Å². The topological polar surface area (TPSA) is 18.0 Å². The van der Waals surface area contributed by atoms with Gasteiger partial charge in [0.1, 0.15) is 16.8 Å². The molecule has 196 valence electrons. The molecule has 0 saturated heterocycles. The molecule has 0 aliphatic heterocycles. The van der Waals surface area contributed by atoms with Gasteiger partial charge in [-0.3, -0.25) is 0 Å². The average Bonchev–Trinajstić information content (AvgIpc) is 3.36. The first-order chi connectivity index (χ1) is 20.2. The van der Waals surface area contributed by atoms with Crippen molar-refractivity contribution in [1.82, 2.24) is 4.57 Å². The predicted octanol–water partition coefficient (Wildman–Crippen LogP) is 9.63. The number of halogens is 1. The van der Waals surface area contributed by atoms with Gasteiger partial charge in [-0.25, -0.2) is 4.57 Å². The third kappa shape index (κ3) is 3.40. The summed E-state index contributed by atoms with van der Waals surface area (Å²) in [5, 5.41) is 2.47. The SMILES string of the molecule is Cc1c(OI)c2c(c3c4ccccc4n(-c4cccc[n+]4C)c13)-c1ccccc1-c1ccccc1-c1ccccc1-2. The lowest BCUT2D eigenvalue weighted by atomic mass is 9.78. The Bertz CT molecular complexity index is 2180. The van der Waals surface area contributed by atoms with Gasteiger partial charge in [0.2, 0.25) is 0 Å². The minimum atomic E-state index is 0.900. The van der Waals surface area contributed by atoms with Crippen LogP contribution in [0.3, 0.4) is 0 Å². The van der Waals surface area contributed by atoms with Gasteiger partial charge in [0.15, 0.2) is 23.0 Å². The molecule has 1 aliphatic carbocycles. The molecule has 0 bridgehead atoms. The average molecular weight is 642 g/mol. The molecule has 2 heterocycles. The van der Waals surface area contributed by atoms with E-state index in [0.29, 0.717) is 0 Å². The third-order valence-electron chi connectivity index (χ3n) is 8.53. The van der Waals surface area contributed by atoms with E-state index in [2.05, 4.69) is 168 Å². The fraction of sp³-hybridized carbons (Fsp3) is 0.0541. The Balaban J connectivity index is 1.69. The van der Waals surface area contributed by atoms with Gasteiger partial charge < -0.3 is 3.07 Å². The smallest absolute Gasteiger partial charge is 0.286 e. The number of fused-ring (bicyclic) bond motifs is 12. The van der Waals surface area contributed by atoms with E-state index in [1.54, 1.807) is 0 Å². The Morgan fingerprint density at radius 1 is 0.610 bits per heavy atom. The van der Waals surface area contributed by atoms with Crippen LogP contribution in [0.4, 0.5) is 0 Å². The van der Waals surface area contributed by atoms with E-state index in [0.717, 1.165) is 22.7 Å². The minimum absolute atomic E-state index is 0.900. The zero-order valence-electron chi connectivity index (χ0n) is 22.7. The van der Waals surface area contributed by atoms with Gasteiger partial charge in [-0.05, 0) is 58.5 Å². The van der Waals surface area contributed by atoms with Crippen molar-refractivity contribution in [3.05, 3.63) is 127 Å². The molecule has 0 atom stereocenters. The summed E-state index contributed by atoms with van der Waals surface area (Å²) in [7, 11) is 2.11. The van der Waals surface area contributed by atoms with Crippen LogP contribution >= 0.6 is 23.0 Å². The minimum Gasteiger partial charge on any atom is -0.427 e. The van der Waals surface area contributed by atoms with E-state index >= 15 is 0 Å². The summed E-state index contributed by atoms with van der Waals surface area (Å²) in [6.45, 7) is 2.20. The first-order valence-corrected chi connectivity index (χ1v) is 14.7. The number of hydrogen-bond acceptors (Lipinski definition) is 1. The fourth-order valence-electron chi connectivity index (χ4n) is 6.81. The zero-order chi connectivity index (χ0) is 27.7. The van der Waals surface area contributed by atoms with E-state index in [-0.39, 0.29) is 0 Å². The number of hydrogen-bond donors (Lipinski definition) is 0. The molecule has 2 aromatic heterocycles. The van der Waals surface area contributed by atoms with E-state index in [1.807, 2.05) is 0 Å². The highest BCUT2D eigenvalue weighted by atomic mass is 127. The molecule has 5 aromatic carbocycles. The number of aryl methyl sites for hydroxylation is 2. The maximum absolute atomic E-state index is 6.37. The van der Waals surface area contributed by atoms with Gasteiger partial charge in [-0.1, -0.05) is 91.0 Å². The van der Waals surface area contributed by atoms with Crippen molar-refractivity contribution in [1.29, 1.82) is 0 Å². The van der Waals surface area contributed by atoms with Crippen molar-refractivity contribution < 1.29 is 7.63 Å². The number of para-hydroxylation sites is 1. The predicted molar refractivity (Wildman–Crippen MR) is 177 cm³/mol. The summed E-state index contributed by atoms with van der Waals surface area (Å²) in [4.78, 5) is 0. The fourth-order valence-corrected chi connectivity index (χ4v) is 7.36. The second kappa shape index (κ2) is 9.32. The zero-order valence-corrected chi connectivity index (χ0v) is 24.9. The maximum Gasteiger partial charge on any atom is 0.286 e. The summed E-state index contributed by atoms with van der Waals surface area (Å²) in [6, 6.07) is 41.6. The molecule has 0 amide bonds. The van der Waals surface area contributed by atoms with Crippen molar-refractivity contribution in [3.8, 4) is 56.1 Å². The summed E-state index contributed by atoms with van der Waals surface area (Å²) in [6.07, 6.45) is 2.11. The van der Waals surface area contributed by atoms with Crippen LogP contribution in [0.2, 0.25) is 0 Å². The number of benzene rings is 5. The highest BCUT2D eigenvalue weighted by Gasteiger charge is 2.33. The molecular formula is C37H26IN2O+. The standard InChI is InChI=1S/C37H26IN2O/c1-23-36-34(30-19-9-10-20-31(30)40(36)32-21-11-12-22-39(32)2)33-28-17-7-5-15-26(28)24-13-3-4-14-25(24)27-16-6-8-18-29(27)35(33)37(23)41-38/h3-22H,1-2H3/q+1.